The van der Waals surface area contributed by atoms with E-state index in [1.807, 2.05) is 0 Å². The minimum atomic E-state index is -0.318. The number of benzene rings is 2. The van der Waals surface area contributed by atoms with Gasteiger partial charge >= 0.3 is 0 Å². The summed E-state index contributed by atoms with van der Waals surface area (Å²) in [5.41, 5.74) is 2.64. The topological polar surface area (TPSA) is 70.7 Å². The van der Waals surface area contributed by atoms with E-state index >= 15 is 0 Å². The van der Waals surface area contributed by atoms with Crippen molar-refractivity contribution in [3.8, 4) is 0 Å². The number of rotatable bonds is 3. The number of nitrogens with zero attached hydrogens (tertiary/aromatic N) is 2. The molecule has 2 N–H and O–H groups in total. The molecule has 5 nitrogen and oxygen atoms in total. The number of aromatic nitrogens is 3. The van der Waals surface area contributed by atoms with Gasteiger partial charge in [-0.3, -0.25) is 4.79 Å². The molecule has 0 aliphatic rings. The summed E-state index contributed by atoms with van der Waals surface area (Å²) in [5, 5.41) is 13.2. The van der Waals surface area contributed by atoms with E-state index in [0.717, 1.165) is 5.56 Å². The molecule has 0 atom stereocenters. The van der Waals surface area contributed by atoms with Crippen LogP contribution >= 0.6 is 0 Å². The van der Waals surface area contributed by atoms with Gasteiger partial charge in [-0.25, -0.2) is 4.39 Å². The predicted molar refractivity (Wildman–Crippen MR) is 72.6 cm³/mol. The molecular formula is C14H11FN4O. The number of hydrogen-bond acceptors (Lipinski definition) is 3. The summed E-state index contributed by atoms with van der Waals surface area (Å²) in [6.45, 7) is 0. The summed E-state index contributed by atoms with van der Waals surface area (Å²) in [6.07, 6.45) is 0.175. The maximum absolute atomic E-state index is 12.8. The van der Waals surface area contributed by atoms with Gasteiger partial charge in [-0.15, -0.1) is 0 Å². The maximum atomic E-state index is 12.8. The fourth-order valence-corrected chi connectivity index (χ4v) is 1.95. The monoisotopic (exact) mass is 270 g/mol. The molecule has 0 spiro atoms. The molecule has 0 radical (unpaired) electrons. The molecule has 20 heavy (non-hydrogen) atoms. The van der Waals surface area contributed by atoms with E-state index in [9.17, 15) is 9.18 Å². The zero-order valence-electron chi connectivity index (χ0n) is 10.4. The third kappa shape index (κ3) is 2.49. The summed E-state index contributed by atoms with van der Waals surface area (Å²) in [6, 6.07) is 11.2. The van der Waals surface area contributed by atoms with Gasteiger partial charge < -0.3 is 5.32 Å². The van der Waals surface area contributed by atoms with Gasteiger partial charge in [-0.05, 0) is 29.8 Å². The quantitative estimate of drug-likeness (QED) is 0.767. The fraction of sp³-hybridized carbons (Fsp3) is 0.0714. The van der Waals surface area contributed by atoms with Crippen LogP contribution in [0.25, 0.3) is 11.0 Å². The van der Waals surface area contributed by atoms with Gasteiger partial charge in [0.1, 0.15) is 16.9 Å². The summed E-state index contributed by atoms with van der Waals surface area (Å²) in [5.74, 6) is -0.506. The smallest absolute Gasteiger partial charge is 0.228 e. The van der Waals surface area contributed by atoms with E-state index in [2.05, 4.69) is 20.7 Å². The lowest BCUT2D eigenvalue weighted by Crippen LogP contribution is -2.14. The Kier molecular flexibility index (Phi) is 3.12. The average Bonchev–Trinajstić information content (AvgIpc) is 2.91. The SMILES string of the molecule is O=C(Cc1ccc(F)cc1)Nc1cccc2n[nH]nc12. The maximum Gasteiger partial charge on any atom is 0.228 e. The van der Waals surface area contributed by atoms with E-state index in [4.69, 9.17) is 0 Å². The first-order chi connectivity index (χ1) is 9.72. The molecule has 0 unspecified atom stereocenters. The lowest BCUT2D eigenvalue weighted by atomic mass is 10.1. The highest BCUT2D eigenvalue weighted by atomic mass is 19.1. The highest BCUT2D eigenvalue weighted by Crippen LogP contribution is 2.19. The molecule has 3 aromatic rings. The number of amides is 1. The fourth-order valence-electron chi connectivity index (χ4n) is 1.95. The lowest BCUT2D eigenvalue weighted by Gasteiger charge is -2.05. The molecule has 0 fully saturated rings. The largest absolute Gasteiger partial charge is 0.324 e. The molecule has 6 heteroatoms. The molecular weight excluding hydrogens is 259 g/mol. The number of carbonyl (C=O) groups excluding carboxylic acids is 1. The number of anilines is 1. The molecule has 0 aliphatic carbocycles. The number of H-pyrrole nitrogens is 1. The van der Waals surface area contributed by atoms with Crippen molar-refractivity contribution < 1.29 is 9.18 Å². The van der Waals surface area contributed by atoms with Crippen LogP contribution in [0.4, 0.5) is 10.1 Å². The Bertz CT molecular complexity index is 751. The van der Waals surface area contributed by atoms with Crippen LogP contribution in [0.2, 0.25) is 0 Å². The van der Waals surface area contributed by atoms with Gasteiger partial charge in [-0.2, -0.15) is 15.4 Å². The number of halogens is 1. The molecule has 0 bridgehead atoms. The molecule has 0 aliphatic heterocycles. The first kappa shape index (κ1) is 12.3. The Morgan fingerprint density at radius 3 is 2.75 bits per heavy atom. The van der Waals surface area contributed by atoms with Gasteiger partial charge in [0.15, 0.2) is 0 Å². The zero-order valence-corrected chi connectivity index (χ0v) is 10.4. The number of carbonyl (C=O) groups is 1. The number of hydrogen-bond donors (Lipinski definition) is 2. The van der Waals surface area contributed by atoms with Crippen LogP contribution in [0.3, 0.4) is 0 Å². The number of aromatic amines is 1. The van der Waals surface area contributed by atoms with E-state index < -0.39 is 0 Å². The third-order valence-electron chi connectivity index (χ3n) is 2.90. The Morgan fingerprint density at radius 1 is 1.15 bits per heavy atom. The first-order valence-corrected chi connectivity index (χ1v) is 6.06. The average molecular weight is 270 g/mol. The van der Waals surface area contributed by atoms with Crippen molar-refractivity contribution in [2.75, 3.05) is 5.32 Å². The van der Waals surface area contributed by atoms with Crippen LogP contribution in [0.15, 0.2) is 42.5 Å². The van der Waals surface area contributed by atoms with Gasteiger partial charge in [0.2, 0.25) is 5.91 Å². The standard InChI is InChI=1S/C14H11FN4O/c15-10-6-4-9(5-7-10)8-13(20)16-11-2-1-3-12-14(11)18-19-17-12/h1-7H,8H2,(H,16,20)(H,17,18,19). The molecule has 1 aromatic heterocycles. The Hall–Kier alpha value is -2.76. The van der Waals surface area contributed by atoms with E-state index in [-0.39, 0.29) is 18.1 Å². The van der Waals surface area contributed by atoms with Gasteiger partial charge in [0.05, 0.1) is 12.1 Å². The van der Waals surface area contributed by atoms with Crippen molar-refractivity contribution in [2.24, 2.45) is 0 Å². The van der Waals surface area contributed by atoms with Crippen LogP contribution in [-0.4, -0.2) is 21.3 Å². The molecule has 1 heterocycles. The second-order valence-corrected chi connectivity index (χ2v) is 4.35. The highest BCUT2D eigenvalue weighted by Gasteiger charge is 2.09. The van der Waals surface area contributed by atoms with Gasteiger partial charge in [-0.1, -0.05) is 18.2 Å². The summed E-state index contributed by atoms with van der Waals surface area (Å²) in [7, 11) is 0. The van der Waals surface area contributed by atoms with Crippen LogP contribution in [0.5, 0.6) is 0 Å². The molecule has 1 amide bonds. The molecule has 3 rings (SSSR count). The molecule has 0 saturated carbocycles. The number of nitrogens with one attached hydrogen (secondary N) is 2. The highest BCUT2D eigenvalue weighted by molar-refractivity contribution is 5.99. The second kappa shape index (κ2) is 5.08. The molecule has 100 valence electrons. The van der Waals surface area contributed by atoms with Crippen molar-refractivity contribution in [1.82, 2.24) is 15.4 Å². The van der Waals surface area contributed by atoms with Crippen LogP contribution < -0.4 is 5.32 Å². The van der Waals surface area contributed by atoms with Gasteiger partial charge in [0, 0.05) is 0 Å². The van der Waals surface area contributed by atoms with Crippen LogP contribution in [-0.2, 0) is 11.2 Å². The summed E-state index contributed by atoms with van der Waals surface area (Å²) < 4.78 is 12.8. The van der Waals surface area contributed by atoms with Crippen molar-refractivity contribution in [3.63, 3.8) is 0 Å². The predicted octanol–water partition coefficient (Wildman–Crippen LogP) is 2.28. The van der Waals surface area contributed by atoms with Gasteiger partial charge in [0.25, 0.3) is 0 Å². The van der Waals surface area contributed by atoms with Crippen molar-refractivity contribution in [2.45, 2.75) is 6.42 Å². The Labute approximate surface area is 113 Å². The van der Waals surface area contributed by atoms with Crippen molar-refractivity contribution in [1.29, 1.82) is 0 Å². The van der Waals surface area contributed by atoms with Crippen LogP contribution in [0.1, 0.15) is 5.56 Å². The number of para-hydroxylation sites is 1. The molecule has 2 aromatic carbocycles. The molecule has 0 saturated heterocycles. The van der Waals surface area contributed by atoms with Crippen molar-refractivity contribution in [3.05, 3.63) is 53.8 Å². The number of fused-ring (bicyclic) bond motifs is 1. The normalized spacial score (nSPS) is 10.7. The van der Waals surface area contributed by atoms with E-state index in [0.29, 0.717) is 16.7 Å². The van der Waals surface area contributed by atoms with E-state index in [1.54, 1.807) is 30.3 Å². The van der Waals surface area contributed by atoms with E-state index in [1.165, 1.54) is 12.1 Å². The summed E-state index contributed by atoms with van der Waals surface area (Å²) >= 11 is 0. The summed E-state index contributed by atoms with van der Waals surface area (Å²) in [4.78, 5) is 12.0. The lowest BCUT2D eigenvalue weighted by molar-refractivity contribution is -0.115. The zero-order chi connectivity index (χ0) is 13.9. The van der Waals surface area contributed by atoms with Crippen molar-refractivity contribution >= 4 is 22.6 Å². The Balaban J connectivity index is 1.76. The minimum Gasteiger partial charge on any atom is -0.324 e. The third-order valence-corrected chi connectivity index (χ3v) is 2.90. The Morgan fingerprint density at radius 2 is 1.95 bits per heavy atom. The first-order valence-electron chi connectivity index (χ1n) is 6.06. The minimum absolute atomic E-state index is 0.175. The van der Waals surface area contributed by atoms with Crippen LogP contribution in [0, 0.1) is 5.82 Å². The second-order valence-electron chi connectivity index (χ2n) is 4.35.